The van der Waals surface area contributed by atoms with Gasteiger partial charge in [0.15, 0.2) is 9.84 Å². The molecule has 72 valence electrons. The maximum absolute atomic E-state index is 11.9. The van der Waals surface area contributed by atoms with E-state index in [1.807, 2.05) is 0 Å². The van der Waals surface area contributed by atoms with Crippen LogP contribution in [0.5, 0.6) is 0 Å². The third-order valence-corrected chi connectivity index (χ3v) is 5.75. The zero-order valence-electron chi connectivity index (χ0n) is 8.14. The van der Waals surface area contributed by atoms with E-state index in [-0.39, 0.29) is 0 Å². The van der Waals surface area contributed by atoms with Gasteiger partial charge in [0.2, 0.25) is 0 Å². The van der Waals surface area contributed by atoms with Gasteiger partial charge in [-0.25, -0.2) is 8.42 Å². The van der Waals surface area contributed by atoms with Crippen LogP contribution < -0.4 is 5.32 Å². The molecule has 0 atom stereocenters. The zero-order chi connectivity index (χ0) is 9.62. The Hall–Kier alpha value is -0.0900. The zero-order valence-corrected chi connectivity index (χ0v) is 8.96. The Balaban J connectivity index is 3.17. The van der Waals surface area contributed by atoms with Gasteiger partial charge >= 0.3 is 0 Å². The molecule has 0 radical (unpaired) electrons. The highest BCUT2D eigenvalue weighted by molar-refractivity contribution is 7.94. The fourth-order valence-electron chi connectivity index (χ4n) is 1.60. The van der Waals surface area contributed by atoms with Gasteiger partial charge in [-0.15, -0.1) is 0 Å². The second-order valence-corrected chi connectivity index (χ2v) is 7.84. The molecule has 1 aliphatic heterocycles. The molecule has 0 unspecified atom stereocenters. The fraction of sp³-hybridized carbons (Fsp3) is 1.00. The third kappa shape index (κ3) is 1.17. The van der Waals surface area contributed by atoms with E-state index in [2.05, 4.69) is 5.32 Å². The molecule has 0 aromatic heterocycles. The average molecular weight is 191 g/mol. The Bertz CT molecular complexity index is 255. The maximum Gasteiger partial charge on any atom is 0.163 e. The first-order valence-corrected chi connectivity index (χ1v) is 5.64. The van der Waals surface area contributed by atoms with E-state index in [9.17, 15) is 8.42 Å². The maximum atomic E-state index is 11.9. The molecule has 1 fully saturated rings. The van der Waals surface area contributed by atoms with Gasteiger partial charge in [-0.3, -0.25) is 0 Å². The molecular formula is C8H17NO2S. The van der Waals surface area contributed by atoms with Crippen LogP contribution in [0.3, 0.4) is 0 Å². The van der Waals surface area contributed by atoms with Gasteiger partial charge in [0.05, 0.1) is 9.49 Å². The van der Waals surface area contributed by atoms with Gasteiger partial charge in [0.25, 0.3) is 0 Å². The number of hydrogen-bond acceptors (Lipinski definition) is 3. The van der Waals surface area contributed by atoms with Crippen LogP contribution in [0.1, 0.15) is 27.7 Å². The third-order valence-electron chi connectivity index (χ3n) is 2.56. The van der Waals surface area contributed by atoms with E-state index in [4.69, 9.17) is 0 Å². The summed E-state index contributed by atoms with van der Waals surface area (Å²) in [5.74, 6) is 0. The molecule has 1 aliphatic rings. The first-order chi connectivity index (χ1) is 5.21. The highest BCUT2D eigenvalue weighted by atomic mass is 32.2. The normalized spacial score (nSPS) is 31.3. The van der Waals surface area contributed by atoms with E-state index in [1.165, 1.54) is 0 Å². The highest BCUT2D eigenvalue weighted by Gasteiger charge is 2.48. The summed E-state index contributed by atoms with van der Waals surface area (Å²) in [6.07, 6.45) is 0. The predicted octanol–water partition coefficient (Wildman–Crippen LogP) is 0.562. The van der Waals surface area contributed by atoms with Crippen molar-refractivity contribution in [3.63, 3.8) is 0 Å². The molecule has 1 saturated heterocycles. The lowest BCUT2D eigenvalue weighted by molar-refractivity contribution is 0.429. The van der Waals surface area contributed by atoms with Gasteiger partial charge in [0, 0.05) is 13.1 Å². The lowest BCUT2D eigenvalue weighted by Gasteiger charge is -2.40. The lowest BCUT2D eigenvalue weighted by atomic mass is 10.1. The molecule has 0 bridgehead atoms. The number of rotatable bonds is 0. The van der Waals surface area contributed by atoms with Crippen molar-refractivity contribution in [2.75, 3.05) is 13.1 Å². The predicted molar refractivity (Wildman–Crippen MR) is 49.9 cm³/mol. The quantitative estimate of drug-likeness (QED) is 0.608. The van der Waals surface area contributed by atoms with Crippen LogP contribution in [0, 0.1) is 0 Å². The largest absolute Gasteiger partial charge is 0.314 e. The number of nitrogens with one attached hydrogen (secondary N) is 1. The van der Waals surface area contributed by atoms with Crippen molar-refractivity contribution in [3.05, 3.63) is 0 Å². The van der Waals surface area contributed by atoms with Gasteiger partial charge in [-0.05, 0) is 27.7 Å². The van der Waals surface area contributed by atoms with Crippen LogP contribution in [-0.2, 0) is 9.84 Å². The molecule has 3 nitrogen and oxygen atoms in total. The van der Waals surface area contributed by atoms with Gasteiger partial charge < -0.3 is 5.32 Å². The molecule has 1 N–H and O–H groups in total. The molecule has 0 aliphatic carbocycles. The van der Waals surface area contributed by atoms with Crippen LogP contribution in [0.25, 0.3) is 0 Å². The summed E-state index contributed by atoms with van der Waals surface area (Å²) < 4.78 is 22.6. The Morgan fingerprint density at radius 3 is 1.58 bits per heavy atom. The van der Waals surface area contributed by atoms with Gasteiger partial charge in [-0.2, -0.15) is 0 Å². The van der Waals surface area contributed by atoms with E-state index in [0.29, 0.717) is 13.1 Å². The van der Waals surface area contributed by atoms with E-state index in [0.717, 1.165) is 0 Å². The Morgan fingerprint density at radius 1 is 1.00 bits per heavy atom. The summed E-state index contributed by atoms with van der Waals surface area (Å²) >= 11 is 0. The minimum absolute atomic E-state index is 0.554. The van der Waals surface area contributed by atoms with Crippen molar-refractivity contribution in [1.29, 1.82) is 0 Å². The molecule has 0 spiro atoms. The van der Waals surface area contributed by atoms with Gasteiger partial charge in [-0.1, -0.05) is 0 Å². The molecule has 0 aromatic carbocycles. The summed E-state index contributed by atoms with van der Waals surface area (Å²) in [6.45, 7) is 8.20. The minimum Gasteiger partial charge on any atom is -0.314 e. The topological polar surface area (TPSA) is 46.2 Å². The highest BCUT2D eigenvalue weighted by Crippen LogP contribution is 2.31. The summed E-state index contributed by atoms with van der Waals surface area (Å²) in [6, 6.07) is 0. The van der Waals surface area contributed by atoms with Crippen LogP contribution >= 0.6 is 0 Å². The van der Waals surface area contributed by atoms with Crippen molar-refractivity contribution in [3.8, 4) is 0 Å². The average Bonchev–Trinajstić information content (AvgIpc) is 1.83. The molecule has 1 rings (SSSR count). The Morgan fingerprint density at radius 2 is 1.33 bits per heavy atom. The molecular weight excluding hydrogens is 174 g/mol. The summed E-state index contributed by atoms with van der Waals surface area (Å²) in [5.41, 5.74) is 0. The molecule has 0 aromatic rings. The van der Waals surface area contributed by atoms with Crippen molar-refractivity contribution in [2.24, 2.45) is 0 Å². The van der Waals surface area contributed by atoms with Crippen LogP contribution in [-0.4, -0.2) is 31.0 Å². The fourth-order valence-corrected chi connectivity index (χ4v) is 3.68. The second-order valence-electron chi connectivity index (χ2n) is 4.63. The molecule has 0 amide bonds. The smallest absolute Gasteiger partial charge is 0.163 e. The van der Waals surface area contributed by atoms with Crippen LogP contribution in [0.4, 0.5) is 0 Å². The van der Waals surface area contributed by atoms with Crippen molar-refractivity contribution in [1.82, 2.24) is 5.32 Å². The second kappa shape index (κ2) is 2.45. The number of hydrogen-bond donors (Lipinski definition) is 1. The molecule has 1 heterocycles. The minimum atomic E-state index is -3.00. The van der Waals surface area contributed by atoms with Crippen LogP contribution in [0.15, 0.2) is 0 Å². The Labute approximate surface area is 74.5 Å². The molecule has 12 heavy (non-hydrogen) atoms. The monoisotopic (exact) mass is 191 g/mol. The van der Waals surface area contributed by atoms with E-state index < -0.39 is 19.3 Å². The molecule has 0 saturated carbocycles. The van der Waals surface area contributed by atoms with Crippen molar-refractivity contribution >= 4 is 9.84 Å². The van der Waals surface area contributed by atoms with Crippen molar-refractivity contribution < 1.29 is 8.42 Å². The summed E-state index contributed by atoms with van der Waals surface area (Å²) in [7, 11) is -3.00. The standard InChI is InChI=1S/C8H17NO2S/c1-7(2)5-9-6-8(3,4)12(7,10)11/h9H,5-6H2,1-4H3. The lowest BCUT2D eigenvalue weighted by Crippen LogP contribution is -2.60. The summed E-state index contributed by atoms with van der Waals surface area (Å²) in [4.78, 5) is 0. The number of sulfone groups is 1. The Kier molecular flexibility index (Phi) is 2.04. The van der Waals surface area contributed by atoms with E-state index in [1.54, 1.807) is 27.7 Å². The summed E-state index contributed by atoms with van der Waals surface area (Å²) in [5, 5.41) is 3.14. The van der Waals surface area contributed by atoms with Crippen LogP contribution in [0.2, 0.25) is 0 Å². The first-order valence-electron chi connectivity index (χ1n) is 4.16. The van der Waals surface area contributed by atoms with Crippen molar-refractivity contribution in [2.45, 2.75) is 37.2 Å². The van der Waals surface area contributed by atoms with Gasteiger partial charge in [0.1, 0.15) is 0 Å². The molecule has 4 heteroatoms. The van der Waals surface area contributed by atoms with E-state index >= 15 is 0 Å². The SMILES string of the molecule is CC1(C)CNCC(C)(C)S1(=O)=O. The first kappa shape index (κ1) is 9.99.